The third kappa shape index (κ3) is 15.6. The minimum Gasteiger partial charge on any atom is -0.396 e. The zero-order valence-electron chi connectivity index (χ0n) is 21.3. The van der Waals surface area contributed by atoms with Crippen LogP contribution >= 0.6 is 11.6 Å². The van der Waals surface area contributed by atoms with Gasteiger partial charge in [0.15, 0.2) is 0 Å². The third-order valence-electron chi connectivity index (χ3n) is 4.82. The highest BCUT2D eigenvalue weighted by atomic mass is 35.5. The van der Waals surface area contributed by atoms with E-state index in [1.807, 2.05) is 48.9 Å². The summed E-state index contributed by atoms with van der Waals surface area (Å²) in [7, 11) is -3.55. The molecule has 3 rings (SSSR count). The quantitative estimate of drug-likeness (QED) is 0.279. The Morgan fingerprint density at radius 3 is 1.83 bits per heavy atom. The molecular formula is C27H42ClNO5S. The number of hydrogen-bond donors (Lipinski definition) is 2. The molecule has 0 bridgehead atoms. The topological polar surface area (TPSA) is 92.7 Å². The first kappa shape index (κ1) is 33.1. The average Bonchev–Trinajstić information content (AvgIpc) is 3.12. The number of alkyl halides is 1. The summed E-state index contributed by atoms with van der Waals surface area (Å²) >= 11 is 5.53. The second-order valence-electron chi connectivity index (χ2n) is 7.68. The summed E-state index contributed by atoms with van der Waals surface area (Å²) in [4.78, 5) is 11.1. The van der Waals surface area contributed by atoms with Crippen molar-refractivity contribution < 1.29 is 23.1 Å². The van der Waals surface area contributed by atoms with Gasteiger partial charge in [0.1, 0.15) is 4.90 Å². The molecule has 0 atom stereocenters. The van der Waals surface area contributed by atoms with E-state index in [1.165, 1.54) is 56.2 Å². The molecule has 6 nitrogen and oxygen atoms in total. The number of unbranched alkanes of at least 4 members (excludes halogenated alkanes) is 6. The van der Waals surface area contributed by atoms with Gasteiger partial charge in [-0.3, -0.25) is 4.79 Å². The smallest absolute Gasteiger partial charge is 0.266 e. The maximum atomic E-state index is 11.1. The number of ether oxygens (including phenoxy) is 1. The molecule has 0 fully saturated rings. The van der Waals surface area contributed by atoms with Crippen molar-refractivity contribution in [1.29, 1.82) is 0 Å². The molecule has 0 spiro atoms. The number of aliphatic hydroxyl groups excluding tert-OH is 1. The molecule has 0 saturated carbocycles. The maximum absolute atomic E-state index is 11.1. The normalized spacial score (nSPS) is 12.5. The van der Waals surface area contributed by atoms with Gasteiger partial charge < -0.3 is 9.84 Å². The van der Waals surface area contributed by atoms with Crippen molar-refractivity contribution in [2.45, 2.75) is 76.5 Å². The van der Waals surface area contributed by atoms with E-state index in [1.54, 1.807) is 12.1 Å². The van der Waals surface area contributed by atoms with Crippen LogP contribution in [0.3, 0.4) is 0 Å². The molecular weight excluding hydrogens is 486 g/mol. The maximum Gasteiger partial charge on any atom is 0.266 e. The van der Waals surface area contributed by atoms with E-state index in [-0.39, 0.29) is 10.5 Å². The Kier molecular flexibility index (Phi) is 20.2. The Morgan fingerprint density at radius 1 is 0.829 bits per heavy atom. The highest BCUT2D eigenvalue weighted by Crippen LogP contribution is 2.20. The summed E-state index contributed by atoms with van der Waals surface area (Å²) in [5, 5.41) is 8.47. The summed E-state index contributed by atoms with van der Waals surface area (Å²) < 4.78 is 29.0. The summed E-state index contributed by atoms with van der Waals surface area (Å²) in [6, 6.07) is 16.1. The number of amides is 1. The SMILES string of the molecule is CCCCCCCCCO.CCOCC.ClCc1ccccc1.O=C1NS(=O)(=O)c2ccccc21. The van der Waals surface area contributed by atoms with Crippen molar-refractivity contribution in [2.75, 3.05) is 19.8 Å². The van der Waals surface area contributed by atoms with Crippen molar-refractivity contribution in [3.05, 3.63) is 65.7 Å². The lowest BCUT2D eigenvalue weighted by Crippen LogP contribution is -2.20. The van der Waals surface area contributed by atoms with E-state index in [0.717, 1.165) is 19.6 Å². The van der Waals surface area contributed by atoms with Gasteiger partial charge in [0.05, 0.1) is 5.56 Å². The fraction of sp³-hybridized carbons (Fsp3) is 0.519. The summed E-state index contributed by atoms with van der Waals surface area (Å²) in [6.45, 7) is 8.27. The molecule has 0 radical (unpaired) electrons. The van der Waals surface area contributed by atoms with Crippen LogP contribution in [-0.2, 0) is 20.6 Å². The Morgan fingerprint density at radius 2 is 1.37 bits per heavy atom. The van der Waals surface area contributed by atoms with Gasteiger partial charge in [-0.25, -0.2) is 13.1 Å². The van der Waals surface area contributed by atoms with Crippen LogP contribution in [0.2, 0.25) is 0 Å². The van der Waals surface area contributed by atoms with Gasteiger partial charge in [-0.05, 0) is 38.0 Å². The second-order valence-corrected chi connectivity index (χ2v) is 9.59. The van der Waals surface area contributed by atoms with Gasteiger partial charge >= 0.3 is 0 Å². The molecule has 0 aromatic heterocycles. The van der Waals surface area contributed by atoms with E-state index >= 15 is 0 Å². The van der Waals surface area contributed by atoms with Gasteiger partial charge in [-0.15, -0.1) is 11.6 Å². The number of sulfonamides is 1. The van der Waals surface area contributed by atoms with Gasteiger partial charge in [0.25, 0.3) is 15.9 Å². The molecule has 0 unspecified atom stereocenters. The molecule has 35 heavy (non-hydrogen) atoms. The summed E-state index contributed by atoms with van der Waals surface area (Å²) in [5.41, 5.74) is 1.40. The fourth-order valence-electron chi connectivity index (χ4n) is 2.96. The average molecular weight is 528 g/mol. The predicted octanol–water partition coefficient (Wildman–Crippen LogP) is 6.32. The lowest BCUT2D eigenvalue weighted by atomic mass is 10.1. The Labute approximate surface area is 217 Å². The lowest BCUT2D eigenvalue weighted by Gasteiger charge is -1.97. The monoisotopic (exact) mass is 527 g/mol. The molecule has 2 aromatic carbocycles. The van der Waals surface area contributed by atoms with Gasteiger partial charge in [0, 0.05) is 25.7 Å². The lowest BCUT2D eigenvalue weighted by molar-refractivity contribution is 0.0985. The van der Waals surface area contributed by atoms with Crippen LogP contribution < -0.4 is 4.72 Å². The van der Waals surface area contributed by atoms with Crippen LogP contribution in [0, 0.1) is 0 Å². The number of halogens is 1. The Hall–Kier alpha value is -1.93. The van der Waals surface area contributed by atoms with Crippen molar-refractivity contribution in [2.24, 2.45) is 0 Å². The fourth-order valence-corrected chi connectivity index (χ4v) is 4.31. The molecule has 0 saturated heterocycles. The van der Waals surface area contributed by atoms with E-state index in [4.69, 9.17) is 21.4 Å². The van der Waals surface area contributed by atoms with E-state index in [2.05, 4.69) is 6.92 Å². The van der Waals surface area contributed by atoms with Crippen LogP contribution in [0.5, 0.6) is 0 Å². The third-order valence-corrected chi connectivity index (χ3v) is 6.51. The number of carbonyl (C=O) groups is 1. The molecule has 198 valence electrons. The first-order valence-corrected chi connectivity index (χ1v) is 14.3. The first-order valence-electron chi connectivity index (χ1n) is 12.3. The number of fused-ring (bicyclic) bond motifs is 1. The molecule has 8 heteroatoms. The molecule has 1 amide bonds. The number of hydrogen-bond acceptors (Lipinski definition) is 5. The van der Waals surface area contributed by atoms with E-state index in [9.17, 15) is 13.2 Å². The minimum atomic E-state index is -3.55. The zero-order valence-corrected chi connectivity index (χ0v) is 22.9. The minimum absolute atomic E-state index is 0.0648. The Balaban J connectivity index is 0.000000461. The van der Waals surface area contributed by atoms with Crippen molar-refractivity contribution in [3.8, 4) is 0 Å². The molecule has 1 aliphatic heterocycles. The molecule has 2 aromatic rings. The highest BCUT2D eigenvalue weighted by Gasteiger charge is 2.31. The molecule has 2 N–H and O–H groups in total. The molecule has 1 aliphatic rings. The predicted molar refractivity (Wildman–Crippen MR) is 144 cm³/mol. The van der Waals surface area contributed by atoms with E-state index < -0.39 is 15.9 Å². The van der Waals surface area contributed by atoms with Crippen LogP contribution in [0.4, 0.5) is 0 Å². The standard InChI is InChI=1S/C9H20O.C7H7Cl.C7H5NO3S.C4H10O/c1-2-3-4-5-6-7-8-9-10;8-6-7-4-2-1-3-5-7;9-7-5-3-1-2-4-6(5)12(10,11)8-7;1-3-5-4-2/h10H,2-9H2,1H3;1-5H,6H2;1-4H,(H,8,9);3-4H2,1-2H3. The van der Waals surface area contributed by atoms with Crippen LogP contribution in [-0.4, -0.2) is 39.3 Å². The zero-order chi connectivity index (χ0) is 26.4. The largest absolute Gasteiger partial charge is 0.396 e. The summed E-state index contributed by atoms with van der Waals surface area (Å²) in [6.07, 6.45) is 8.93. The van der Waals surface area contributed by atoms with Gasteiger partial charge in [-0.2, -0.15) is 0 Å². The van der Waals surface area contributed by atoms with E-state index in [0.29, 0.717) is 12.5 Å². The van der Waals surface area contributed by atoms with Crippen molar-refractivity contribution in [3.63, 3.8) is 0 Å². The van der Waals surface area contributed by atoms with Crippen molar-refractivity contribution in [1.82, 2.24) is 4.72 Å². The second kappa shape index (κ2) is 21.4. The number of rotatable bonds is 10. The Bertz CT molecular complexity index is 881. The van der Waals surface area contributed by atoms with Crippen molar-refractivity contribution >= 4 is 27.5 Å². The summed E-state index contributed by atoms with van der Waals surface area (Å²) in [5.74, 6) is 0.0616. The van der Waals surface area contributed by atoms with Crippen LogP contribution in [0.25, 0.3) is 0 Å². The van der Waals surface area contributed by atoms with Gasteiger partial charge in [0.2, 0.25) is 0 Å². The van der Waals surface area contributed by atoms with Crippen LogP contribution in [0.15, 0.2) is 59.5 Å². The number of benzene rings is 2. The number of nitrogens with one attached hydrogen (secondary N) is 1. The van der Waals surface area contributed by atoms with Gasteiger partial charge in [-0.1, -0.05) is 87.9 Å². The highest BCUT2D eigenvalue weighted by molar-refractivity contribution is 7.90. The molecule has 1 heterocycles. The molecule has 0 aliphatic carbocycles. The van der Waals surface area contributed by atoms with Crippen LogP contribution in [0.1, 0.15) is 81.6 Å². The first-order chi connectivity index (χ1) is 16.9. The number of aliphatic hydroxyl groups is 1. The number of carbonyl (C=O) groups excluding carboxylic acids is 1.